The highest BCUT2D eigenvalue weighted by Gasteiger charge is 2.30. The Labute approximate surface area is 172 Å². The topological polar surface area (TPSA) is 60.8 Å². The minimum absolute atomic E-state index is 0.158. The average molecular weight is 401 g/mol. The summed E-state index contributed by atoms with van der Waals surface area (Å²) in [6.45, 7) is 9.42. The fourth-order valence-corrected chi connectivity index (χ4v) is 3.78. The van der Waals surface area contributed by atoms with Gasteiger partial charge in [0.15, 0.2) is 0 Å². The molecule has 0 N–H and O–H groups in total. The van der Waals surface area contributed by atoms with Crippen molar-refractivity contribution >= 4 is 23.1 Å². The van der Waals surface area contributed by atoms with E-state index < -0.39 is 5.60 Å². The van der Waals surface area contributed by atoms with Crippen molar-refractivity contribution in [3.05, 3.63) is 36.0 Å². The Hall–Kier alpha value is -2.50. The molecule has 6 nitrogen and oxygen atoms in total. The number of amides is 1. The summed E-state index contributed by atoms with van der Waals surface area (Å²) in [5.41, 5.74) is 1.42. The summed E-state index contributed by atoms with van der Waals surface area (Å²) in [5, 5.41) is 1.04. The summed E-state index contributed by atoms with van der Waals surface area (Å²) in [5.74, 6) is 0.158. The quantitative estimate of drug-likeness (QED) is 0.632. The predicted molar refractivity (Wildman–Crippen MR) is 113 cm³/mol. The summed E-state index contributed by atoms with van der Waals surface area (Å²) in [6.07, 6.45) is 4.98. The van der Waals surface area contributed by atoms with E-state index in [-0.39, 0.29) is 18.1 Å². The smallest absolute Gasteiger partial charge is 0.418 e. The Morgan fingerprint density at radius 2 is 1.93 bits per heavy atom. The molecular weight excluding hydrogens is 368 g/mol. The van der Waals surface area contributed by atoms with Crippen LogP contribution in [0.1, 0.15) is 64.9 Å². The third-order valence-corrected chi connectivity index (χ3v) is 5.18. The van der Waals surface area contributed by atoms with E-state index in [0.29, 0.717) is 19.7 Å². The number of piperidine rings is 1. The number of likely N-dealkylation sites (tertiary alicyclic amines) is 1. The molecule has 1 aliphatic heterocycles. The van der Waals surface area contributed by atoms with E-state index in [0.717, 1.165) is 42.1 Å². The van der Waals surface area contributed by atoms with E-state index in [9.17, 15) is 9.59 Å². The summed E-state index contributed by atoms with van der Waals surface area (Å²) in [6, 6.07) is 7.88. The first-order valence-corrected chi connectivity index (χ1v) is 10.5. The van der Waals surface area contributed by atoms with Gasteiger partial charge in [0.25, 0.3) is 0 Å². The van der Waals surface area contributed by atoms with Gasteiger partial charge in [-0.15, -0.1) is 0 Å². The molecule has 3 rings (SSSR count). The van der Waals surface area contributed by atoms with E-state index >= 15 is 0 Å². The number of ether oxygens (including phenoxy) is 2. The van der Waals surface area contributed by atoms with Gasteiger partial charge in [-0.1, -0.05) is 31.5 Å². The Balaban J connectivity index is 1.83. The van der Waals surface area contributed by atoms with Gasteiger partial charge in [0.2, 0.25) is 0 Å². The van der Waals surface area contributed by atoms with Gasteiger partial charge < -0.3 is 14.4 Å². The standard InChI is InChI=1S/C23H32N2O4/c1-5-6-14-28-22(27)25-16-19(18-11-7-8-12-20(18)25)17-10-9-13-24(15-17)21(26)29-23(2,3)4/h7-8,11-12,16-17H,5-6,9-10,13-15H2,1-4H3. The molecule has 0 radical (unpaired) electrons. The Morgan fingerprint density at radius 1 is 1.17 bits per heavy atom. The average Bonchev–Trinajstić information content (AvgIpc) is 3.07. The molecule has 2 aromatic rings. The number of rotatable bonds is 4. The third kappa shape index (κ3) is 5.11. The lowest BCUT2D eigenvalue weighted by Gasteiger charge is -2.34. The number of aromatic nitrogens is 1. The molecular formula is C23H32N2O4. The van der Waals surface area contributed by atoms with Crippen molar-refractivity contribution in [1.82, 2.24) is 9.47 Å². The molecule has 1 aromatic carbocycles. The molecule has 1 unspecified atom stereocenters. The molecule has 0 spiro atoms. The molecule has 29 heavy (non-hydrogen) atoms. The summed E-state index contributed by atoms with van der Waals surface area (Å²) in [4.78, 5) is 26.9. The molecule has 6 heteroatoms. The van der Waals surface area contributed by atoms with Crippen LogP contribution in [0.15, 0.2) is 30.5 Å². The molecule has 0 aliphatic carbocycles. The first-order chi connectivity index (χ1) is 13.8. The molecule has 0 bridgehead atoms. The van der Waals surface area contributed by atoms with Crippen LogP contribution in [0, 0.1) is 0 Å². The summed E-state index contributed by atoms with van der Waals surface area (Å²) < 4.78 is 12.6. The van der Waals surface area contributed by atoms with Crippen molar-refractivity contribution in [2.24, 2.45) is 0 Å². The second-order valence-corrected chi connectivity index (χ2v) is 8.71. The number of benzene rings is 1. The molecule has 1 fully saturated rings. The normalized spacial score (nSPS) is 17.4. The van der Waals surface area contributed by atoms with Gasteiger partial charge >= 0.3 is 12.2 Å². The van der Waals surface area contributed by atoms with Gasteiger partial charge in [-0.3, -0.25) is 4.57 Å². The molecule has 1 saturated heterocycles. The van der Waals surface area contributed by atoms with E-state index in [1.165, 1.54) is 0 Å². The van der Waals surface area contributed by atoms with E-state index in [1.807, 2.05) is 51.2 Å². The Kier molecular flexibility index (Phi) is 6.50. The first-order valence-electron chi connectivity index (χ1n) is 10.5. The van der Waals surface area contributed by atoms with Gasteiger partial charge in [-0.25, -0.2) is 9.59 Å². The fraction of sp³-hybridized carbons (Fsp3) is 0.565. The zero-order valence-corrected chi connectivity index (χ0v) is 17.9. The highest BCUT2D eigenvalue weighted by Crippen LogP contribution is 2.34. The molecule has 1 atom stereocenters. The highest BCUT2D eigenvalue weighted by molar-refractivity contribution is 5.92. The van der Waals surface area contributed by atoms with Crippen LogP contribution >= 0.6 is 0 Å². The van der Waals surface area contributed by atoms with Crippen LogP contribution in [0.4, 0.5) is 9.59 Å². The summed E-state index contributed by atoms with van der Waals surface area (Å²) in [7, 11) is 0. The predicted octanol–water partition coefficient (Wildman–Crippen LogP) is 5.54. The summed E-state index contributed by atoms with van der Waals surface area (Å²) >= 11 is 0. The Bertz CT molecular complexity index is 865. The Morgan fingerprint density at radius 3 is 2.66 bits per heavy atom. The zero-order valence-electron chi connectivity index (χ0n) is 17.9. The number of hydrogen-bond donors (Lipinski definition) is 0. The lowest BCUT2D eigenvalue weighted by molar-refractivity contribution is 0.0198. The number of carbonyl (C=O) groups excluding carboxylic acids is 2. The van der Waals surface area contributed by atoms with E-state index in [1.54, 1.807) is 9.47 Å². The van der Waals surface area contributed by atoms with Crippen LogP contribution in [-0.2, 0) is 9.47 Å². The highest BCUT2D eigenvalue weighted by atomic mass is 16.6. The minimum atomic E-state index is -0.512. The van der Waals surface area contributed by atoms with Crippen LogP contribution in [-0.4, -0.2) is 47.0 Å². The van der Waals surface area contributed by atoms with Crippen LogP contribution < -0.4 is 0 Å². The number of hydrogen-bond acceptors (Lipinski definition) is 4. The van der Waals surface area contributed by atoms with Crippen LogP contribution in [0.25, 0.3) is 10.9 Å². The monoisotopic (exact) mass is 400 g/mol. The minimum Gasteiger partial charge on any atom is -0.449 e. The van der Waals surface area contributed by atoms with Gasteiger partial charge in [0.05, 0.1) is 12.1 Å². The van der Waals surface area contributed by atoms with Crippen molar-refractivity contribution in [1.29, 1.82) is 0 Å². The van der Waals surface area contributed by atoms with Crippen LogP contribution in [0.3, 0.4) is 0 Å². The molecule has 2 heterocycles. The number of para-hydroxylation sites is 1. The van der Waals surface area contributed by atoms with Crippen LogP contribution in [0.2, 0.25) is 0 Å². The number of nitrogens with zero attached hydrogens (tertiary/aromatic N) is 2. The second-order valence-electron chi connectivity index (χ2n) is 8.71. The molecule has 158 valence electrons. The maximum Gasteiger partial charge on any atom is 0.418 e. The molecule has 0 saturated carbocycles. The SMILES string of the molecule is CCCCOC(=O)n1cc(C2CCCN(C(=O)OC(C)(C)C)C2)c2ccccc21. The van der Waals surface area contributed by atoms with E-state index in [4.69, 9.17) is 9.47 Å². The van der Waals surface area contributed by atoms with Gasteiger partial charge in [-0.2, -0.15) is 0 Å². The lowest BCUT2D eigenvalue weighted by atomic mass is 9.90. The van der Waals surface area contributed by atoms with Crippen molar-refractivity contribution < 1.29 is 19.1 Å². The largest absolute Gasteiger partial charge is 0.449 e. The van der Waals surface area contributed by atoms with Gasteiger partial charge in [0, 0.05) is 30.6 Å². The second kappa shape index (κ2) is 8.89. The van der Waals surface area contributed by atoms with E-state index in [2.05, 4.69) is 6.92 Å². The van der Waals surface area contributed by atoms with Gasteiger partial charge in [0.1, 0.15) is 5.60 Å². The fourth-order valence-electron chi connectivity index (χ4n) is 3.78. The molecule has 1 aromatic heterocycles. The molecule has 1 aliphatic rings. The lowest BCUT2D eigenvalue weighted by Crippen LogP contribution is -2.42. The van der Waals surface area contributed by atoms with Gasteiger partial charge in [-0.05, 0) is 51.7 Å². The van der Waals surface area contributed by atoms with Crippen molar-refractivity contribution in [3.63, 3.8) is 0 Å². The molecule has 1 amide bonds. The van der Waals surface area contributed by atoms with Crippen molar-refractivity contribution in [3.8, 4) is 0 Å². The maximum absolute atomic E-state index is 12.6. The van der Waals surface area contributed by atoms with Crippen molar-refractivity contribution in [2.75, 3.05) is 19.7 Å². The first kappa shape index (κ1) is 21.2. The number of fused-ring (bicyclic) bond motifs is 1. The maximum atomic E-state index is 12.6. The van der Waals surface area contributed by atoms with Crippen LogP contribution in [0.5, 0.6) is 0 Å². The zero-order chi connectivity index (χ0) is 21.0. The van der Waals surface area contributed by atoms with Crippen molar-refractivity contribution in [2.45, 2.75) is 64.9 Å². The third-order valence-electron chi connectivity index (χ3n) is 5.18. The number of unbranched alkanes of at least 4 members (excludes halogenated alkanes) is 1. The number of carbonyl (C=O) groups is 2.